The molecular weight excluding hydrogens is 369 g/mol. The van der Waals surface area contributed by atoms with E-state index in [1.807, 2.05) is 18.2 Å². The number of carbonyl (C=O) groups is 2. The first-order valence-corrected chi connectivity index (χ1v) is 9.30. The van der Waals surface area contributed by atoms with Gasteiger partial charge >= 0.3 is 0 Å². The Morgan fingerprint density at radius 3 is 2.89 bits per heavy atom. The molecule has 2 amide bonds. The summed E-state index contributed by atoms with van der Waals surface area (Å²) in [6, 6.07) is 9.97. The van der Waals surface area contributed by atoms with Crippen molar-refractivity contribution in [3.8, 4) is 0 Å². The van der Waals surface area contributed by atoms with Crippen LogP contribution in [0.4, 0.5) is 10.1 Å². The summed E-state index contributed by atoms with van der Waals surface area (Å²) in [7, 11) is 0. The molecular formula is C20H19ClFN3O2. The van der Waals surface area contributed by atoms with E-state index in [4.69, 9.17) is 11.6 Å². The summed E-state index contributed by atoms with van der Waals surface area (Å²) in [5.41, 5.74) is 2.19. The summed E-state index contributed by atoms with van der Waals surface area (Å²) in [4.78, 5) is 26.4. The molecule has 2 aromatic rings. The van der Waals surface area contributed by atoms with Gasteiger partial charge in [-0.05, 0) is 41.8 Å². The number of piperazine rings is 1. The Bertz CT molecular complexity index is 918. The predicted octanol–water partition coefficient (Wildman–Crippen LogP) is 3.15. The summed E-state index contributed by atoms with van der Waals surface area (Å²) < 4.78 is 14.7. The van der Waals surface area contributed by atoms with Crippen LogP contribution in [0.15, 0.2) is 36.4 Å². The van der Waals surface area contributed by atoms with Gasteiger partial charge in [-0.25, -0.2) is 4.39 Å². The number of fused-ring (bicyclic) bond motifs is 1. The van der Waals surface area contributed by atoms with Crippen LogP contribution in [0.25, 0.3) is 0 Å². The number of hydrogen-bond donors (Lipinski definition) is 2. The van der Waals surface area contributed by atoms with Crippen LogP contribution in [0.1, 0.15) is 33.9 Å². The Labute approximate surface area is 161 Å². The highest BCUT2D eigenvalue weighted by Crippen LogP contribution is 2.30. The molecule has 0 aliphatic carbocycles. The lowest BCUT2D eigenvalue weighted by Gasteiger charge is -2.37. The van der Waals surface area contributed by atoms with Crippen LogP contribution in [-0.2, 0) is 11.2 Å². The molecule has 1 saturated heterocycles. The van der Waals surface area contributed by atoms with Crippen molar-refractivity contribution in [2.75, 3.05) is 25.0 Å². The van der Waals surface area contributed by atoms with E-state index in [1.54, 1.807) is 17.0 Å². The van der Waals surface area contributed by atoms with Crippen LogP contribution in [0.5, 0.6) is 0 Å². The average Bonchev–Trinajstić information content (AvgIpc) is 2.67. The lowest BCUT2D eigenvalue weighted by Crippen LogP contribution is -2.49. The van der Waals surface area contributed by atoms with Crippen molar-refractivity contribution in [1.82, 2.24) is 10.2 Å². The van der Waals surface area contributed by atoms with Gasteiger partial charge in [0.15, 0.2) is 0 Å². The van der Waals surface area contributed by atoms with Crippen LogP contribution >= 0.6 is 11.6 Å². The van der Waals surface area contributed by atoms with E-state index in [0.717, 1.165) is 11.1 Å². The maximum absolute atomic E-state index is 14.7. The third-order valence-corrected chi connectivity index (χ3v) is 5.29. The number of carbonyl (C=O) groups excluding carboxylic acids is 2. The lowest BCUT2D eigenvalue weighted by atomic mass is 9.97. The SMILES string of the molecule is O=C1CCc2cc(C(=O)N3CCNCC3c3cccc(Cl)c3)c(F)cc2N1. The van der Waals surface area contributed by atoms with Crippen molar-refractivity contribution in [1.29, 1.82) is 0 Å². The second-order valence-corrected chi connectivity index (χ2v) is 7.25. The van der Waals surface area contributed by atoms with Crippen LogP contribution < -0.4 is 10.6 Å². The van der Waals surface area contributed by atoms with E-state index < -0.39 is 5.82 Å². The molecule has 27 heavy (non-hydrogen) atoms. The van der Waals surface area contributed by atoms with Crippen molar-refractivity contribution in [2.24, 2.45) is 0 Å². The van der Waals surface area contributed by atoms with Crippen molar-refractivity contribution in [3.05, 3.63) is 63.9 Å². The molecule has 1 fully saturated rings. The van der Waals surface area contributed by atoms with Crippen molar-refractivity contribution >= 4 is 29.1 Å². The van der Waals surface area contributed by atoms with Crippen LogP contribution in [0.2, 0.25) is 5.02 Å². The maximum Gasteiger partial charge on any atom is 0.257 e. The Balaban J connectivity index is 1.67. The normalized spacial score (nSPS) is 19.4. The number of benzene rings is 2. The zero-order valence-corrected chi connectivity index (χ0v) is 15.4. The average molecular weight is 388 g/mol. The number of amides is 2. The Hall–Kier alpha value is -2.44. The van der Waals surface area contributed by atoms with E-state index >= 15 is 0 Å². The first kappa shape index (κ1) is 17.9. The lowest BCUT2D eigenvalue weighted by molar-refractivity contribution is -0.116. The summed E-state index contributed by atoms with van der Waals surface area (Å²) in [5, 5.41) is 6.54. The zero-order valence-electron chi connectivity index (χ0n) is 14.6. The van der Waals surface area contributed by atoms with Gasteiger partial charge in [-0.3, -0.25) is 9.59 Å². The van der Waals surface area contributed by atoms with Crippen molar-refractivity contribution in [3.63, 3.8) is 0 Å². The van der Waals surface area contributed by atoms with E-state index in [0.29, 0.717) is 43.2 Å². The summed E-state index contributed by atoms with van der Waals surface area (Å²) in [5.74, 6) is -1.10. The van der Waals surface area contributed by atoms with Crippen LogP contribution in [0, 0.1) is 5.82 Å². The molecule has 0 saturated carbocycles. The number of rotatable bonds is 2. The molecule has 2 heterocycles. The van der Waals surface area contributed by atoms with Gasteiger partial charge in [0.2, 0.25) is 5.91 Å². The second kappa shape index (κ2) is 7.29. The highest BCUT2D eigenvalue weighted by Gasteiger charge is 2.31. The molecule has 2 aliphatic rings. The number of nitrogens with zero attached hydrogens (tertiary/aromatic N) is 1. The summed E-state index contributed by atoms with van der Waals surface area (Å²) >= 11 is 6.11. The molecule has 2 N–H and O–H groups in total. The van der Waals surface area contributed by atoms with E-state index in [-0.39, 0.29) is 23.4 Å². The minimum absolute atomic E-state index is 0.0406. The predicted molar refractivity (Wildman–Crippen MR) is 101 cm³/mol. The largest absolute Gasteiger partial charge is 0.329 e. The molecule has 0 spiro atoms. The van der Waals surface area contributed by atoms with Gasteiger partial charge in [0.1, 0.15) is 5.82 Å². The van der Waals surface area contributed by atoms with Gasteiger partial charge in [-0.1, -0.05) is 23.7 Å². The van der Waals surface area contributed by atoms with Gasteiger partial charge in [-0.2, -0.15) is 0 Å². The summed E-state index contributed by atoms with van der Waals surface area (Å²) in [6.45, 7) is 1.70. The fourth-order valence-corrected chi connectivity index (χ4v) is 3.88. The van der Waals surface area contributed by atoms with Crippen molar-refractivity contribution < 1.29 is 14.0 Å². The first-order chi connectivity index (χ1) is 13.0. The standard InChI is InChI=1S/C20H19ClFN3O2/c21-14-3-1-2-13(8-14)18-11-23-6-7-25(18)20(27)15-9-12-4-5-19(26)24-17(12)10-16(15)22/h1-3,8-10,18,23H,4-7,11H2,(H,24,26). The maximum atomic E-state index is 14.7. The number of anilines is 1. The highest BCUT2D eigenvalue weighted by molar-refractivity contribution is 6.30. The molecule has 1 atom stereocenters. The molecule has 2 aliphatic heterocycles. The minimum Gasteiger partial charge on any atom is -0.329 e. The van der Waals surface area contributed by atoms with E-state index in [1.165, 1.54) is 6.07 Å². The molecule has 0 aromatic heterocycles. The Morgan fingerprint density at radius 2 is 2.07 bits per heavy atom. The number of aryl methyl sites for hydroxylation is 1. The number of halogens is 2. The summed E-state index contributed by atoms with van der Waals surface area (Å²) in [6.07, 6.45) is 0.839. The third kappa shape index (κ3) is 3.55. The van der Waals surface area contributed by atoms with E-state index in [2.05, 4.69) is 10.6 Å². The first-order valence-electron chi connectivity index (χ1n) is 8.92. The fourth-order valence-electron chi connectivity index (χ4n) is 3.68. The quantitative estimate of drug-likeness (QED) is 0.832. The monoisotopic (exact) mass is 387 g/mol. The Kier molecular flexibility index (Phi) is 4.85. The van der Waals surface area contributed by atoms with Crippen molar-refractivity contribution in [2.45, 2.75) is 18.9 Å². The molecule has 2 aromatic carbocycles. The van der Waals surface area contributed by atoms with E-state index in [9.17, 15) is 14.0 Å². The van der Waals surface area contributed by atoms with Crippen LogP contribution in [0.3, 0.4) is 0 Å². The number of hydrogen-bond acceptors (Lipinski definition) is 3. The van der Waals surface area contributed by atoms with Gasteiger partial charge in [-0.15, -0.1) is 0 Å². The third-order valence-electron chi connectivity index (χ3n) is 5.06. The molecule has 0 bridgehead atoms. The van der Waals surface area contributed by atoms with Gasteiger partial charge in [0.25, 0.3) is 5.91 Å². The minimum atomic E-state index is -0.621. The van der Waals surface area contributed by atoms with Gasteiger partial charge in [0.05, 0.1) is 11.6 Å². The highest BCUT2D eigenvalue weighted by atomic mass is 35.5. The number of nitrogens with one attached hydrogen (secondary N) is 2. The molecule has 140 valence electrons. The van der Waals surface area contributed by atoms with Gasteiger partial charge in [0, 0.05) is 36.8 Å². The topological polar surface area (TPSA) is 61.4 Å². The van der Waals surface area contributed by atoms with Gasteiger partial charge < -0.3 is 15.5 Å². The fraction of sp³-hybridized carbons (Fsp3) is 0.300. The molecule has 0 radical (unpaired) electrons. The zero-order chi connectivity index (χ0) is 19.0. The molecule has 1 unspecified atom stereocenters. The molecule has 7 heteroatoms. The van der Waals surface area contributed by atoms with Crippen LogP contribution in [-0.4, -0.2) is 36.3 Å². The molecule has 4 rings (SSSR count). The molecule has 5 nitrogen and oxygen atoms in total. The second-order valence-electron chi connectivity index (χ2n) is 6.81. The smallest absolute Gasteiger partial charge is 0.257 e. The Morgan fingerprint density at radius 1 is 1.22 bits per heavy atom.